The lowest BCUT2D eigenvalue weighted by molar-refractivity contribution is 0.0975. The van der Waals surface area contributed by atoms with Gasteiger partial charge in [0.05, 0.1) is 33.7 Å². The normalized spacial score (nSPS) is 13.8. The number of benzene rings is 1. The number of rotatable bonds is 3. The van der Waals surface area contributed by atoms with E-state index in [1.807, 2.05) is 18.2 Å². The van der Waals surface area contributed by atoms with Crippen LogP contribution in [-0.2, 0) is 0 Å². The molecule has 1 aliphatic carbocycles. The minimum Gasteiger partial charge on any atom is -0.370 e. The summed E-state index contributed by atoms with van der Waals surface area (Å²) >= 11 is 6.46. The Balaban J connectivity index is 1.93. The number of hydrogen-bond donors (Lipinski definition) is 3. The number of nitrogens with two attached hydrogens (primary N) is 1. The maximum atomic E-state index is 12.4. The van der Waals surface area contributed by atoms with Gasteiger partial charge in [-0.1, -0.05) is 11.6 Å². The first-order valence-electron chi connectivity index (χ1n) is 7.83. The van der Waals surface area contributed by atoms with Gasteiger partial charge < -0.3 is 5.73 Å². The zero-order chi connectivity index (χ0) is 17.6. The number of hydrogen-bond acceptors (Lipinski definition) is 4. The molecule has 0 radical (unpaired) electrons. The number of nitrogens with zero attached hydrogens (tertiary/aromatic N) is 3. The number of carbonyl (C=O) groups is 1. The molecule has 0 spiro atoms. The van der Waals surface area contributed by atoms with Crippen LogP contribution in [0.3, 0.4) is 0 Å². The Hall–Kier alpha value is -2.93. The number of halogens is 1. The first-order chi connectivity index (χ1) is 12.1. The second kappa shape index (κ2) is 5.86. The van der Waals surface area contributed by atoms with Crippen molar-refractivity contribution in [3.05, 3.63) is 52.9 Å². The molecule has 0 unspecified atom stereocenters. The second-order valence-corrected chi connectivity index (χ2v) is 6.37. The Morgan fingerprint density at radius 2 is 2.16 bits per heavy atom. The highest BCUT2D eigenvalue weighted by molar-refractivity contribution is 6.33. The van der Waals surface area contributed by atoms with Crippen molar-refractivity contribution < 1.29 is 4.79 Å². The highest BCUT2D eigenvalue weighted by atomic mass is 35.5. The lowest BCUT2D eigenvalue weighted by Gasteiger charge is -2.13. The number of aromatic nitrogens is 3. The van der Waals surface area contributed by atoms with Crippen LogP contribution in [0.15, 0.2) is 36.7 Å². The zero-order valence-electron chi connectivity index (χ0n) is 13.2. The average molecular weight is 355 g/mol. The standard InChI is InChI=1S/C17H15ClN6O/c18-12-5-6-13-10(2-1-7-21-13)15(12)24-14(9-3-4-9)11(8-22-24)16(25)23-17(19)20/h1-2,5-9H,3-4H2,(H4,19,20,23,25). The van der Waals surface area contributed by atoms with Gasteiger partial charge >= 0.3 is 0 Å². The Labute approximate surface area is 148 Å². The second-order valence-electron chi connectivity index (χ2n) is 5.96. The van der Waals surface area contributed by atoms with Crippen molar-refractivity contribution in [3.63, 3.8) is 0 Å². The molecule has 7 nitrogen and oxygen atoms in total. The molecule has 126 valence electrons. The summed E-state index contributed by atoms with van der Waals surface area (Å²) in [6.07, 6.45) is 5.17. The van der Waals surface area contributed by atoms with Gasteiger partial charge in [-0.25, -0.2) is 4.68 Å². The van der Waals surface area contributed by atoms with E-state index in [2.05, 4.69) is 15.4 Å². The molecule has 0 aliphatic heterocycles. The third-order valence-electron chi connectivity index (χ3n) is 4.18. The lowest BCUT2D eigenvalue weighted by Crippen LogP contribution is -2.36. The van der Waals surface area contributed by atoms with E-state index >= 15 is 0 Å². The van der Waals surface area contributed by atoms with Crippen molar-refractivity contribution in [3.8, 4) is 5.69 Å². The highest BCUT2D eigenvalue weighted by Crippen LogP contribution is 2.43. The Morgan fingerprint density at radius 1 is 1.36 bits per heavy atom. The number of pyridine rings is 1. The topological polar surface area (TPSA) is 110 Å². The first-order valence-corrected chi connectivity index (χ1v) is 8.21. The fourth-order valence-electron chi connectivity index (χ4n) is 2.98. The number of carbonyl (C=O) groups excluding carboxylic acids is 1. The molecule has 4 N–H and O–H groups in total. The van der Waals surface area contributed by atoms with Crippen LogP contribution in [0.1, 0.15) is 34.8 Å². The van der Waals surface area contributed by atoms with Crippen LogP contribution in [0.25, 0.3) is 16.6 Å². The van der Waals surface area contributed by atoms with Crippen LogP contribution in [0, 0.1) is 5.41 Å². The Morgan fingerprint density at radius 3 is 2.88 bits per heavy atom. The van der Waals surface area contributed by atoms with E-state index in [-0.39, 0.29) is 5.92 Å². The van der Waals surface area contributed by atoms with Gasteiger partial charge in [-0.15, -0.1) is 0 Å². The van der Waals surface area contributed by atoms with Crippen LogP contribution in [-0.4, -0.2) is 26.6 Å². The molecule has 8 heteroatoms. The van der Waals surface area contributed by atoms with Gasteiger partial charge in [0.25, 0.3) is 5.91 Å². The fourth-order valence-corrected chi connectivity index (χ4v) is 3.22. The molecule has 0 bridgehead atoms. The molecular formula is C17H15ClN6O. The van der Waals surface area contributed by atoms with Crippen LogP contribution in [0.2, 0.25) is 5.02 Å². The van der Waals surface area contributed by atoms with Crippen LogP contribution < -0.4 is 11.1 Å². The molecule has 2 heterocycles. The molecule has 2 aromatic heterocycles. The summed E-state index contributed by atoms with van der Waals surface area (Å²) < 4.78 is 1.72. The lowest BCUT2D eigenvalue weighted by atomic mass is 10.1. The smallest absolute Gasteiger partial charge is 0.261 e. The predicted molar refractivity (Wildman–Crippen MR) is 95.2 cm³/mol. The van der Waals surface area contributed by atoms with Crippen LogP contribution in [0.4, 0.5) is 0 Å². The van der Waals surface area contributed by atoms with E-state index in [9.17, 15) is 4.79 Å². The summed E-state index contributed by atoms with van der Waals surface area (Å²) in [6.45, 7) is 0. The molecule has 1 saturated carbocycles. The van der Waals surface area contributed by atoms with E-state index in [4.69, 9.17) is 22.7 Å². The summed E-state index contributed by atoms with van der Waals surface area (Å²) in [4.78, 5) is 16.7. The van der Waals surface area contributed by atoms with Crippen molar-refractivity contribution in [1.29, 1.82) is 5.41 Å². The average Bonchev–Trinajstić information content (AvgIpc) is 3.33. The maximum Gasteiger partial charge on any atom is 0.261 e. The van der Waals surface area contributed by atoms with E-state index in [1.165, 1.54) is 6.20 Å². The summed E-state index contributed by atoms with van der Waals surface area (Å²) in [5.41, 5.74) is 7.99. The SMILES string of the molecule is N=C(N)NC(=O)c1cnn(-c2c(Cl)ccc3ncccc23)c1C1CC1. The number of amides is 1. The molecule has 3 aromatic rings. The summed E-state index contributed by atoms with van der Waals surface area (Å²) in [7, 11) is 0. The van der Waals surface area contributed by atoms with Gasteiger partial charge in [-0.2, -0.15) is 5.10 Å². The van der Waals surface area contributed by atoms with E-state index in [1.54, 1.807) is 16.9 Å². The van der Waals surface area contributed by atoms with Gasteiger partial charge in [-0.3, -0.25) is 20.5 Å². The fraction of sp³-hybridized carbons (Fsp3) is 0.176. The van der Waals surface area contributed by atoms with Crippen molar-refractivity contribution in [2.75, 3.05) is 0 Å². The molecule has 4 rings (SSSR count). The number of fused-ring (bicyclic) bond motifs is 1. The molecule has 1 fully saturated rings. The van der Waals surface area contributed by atoms with E-state index < -0.39 is 11.9 Å². The van der Waals surface area contributed by atoms with Gasteiger partial charge in [0.2, 0.25) is 0 Å². The molecule has 1 amide bonds. The van der Waals surface area contributed by atoms with Gasteiger partial charge in [-0.05, 0) is 37.1 Å². The third-order valence-corrected chi connectivity index (χ3v) is 4.49. The van der Waals surface area contributed by atoms with Crippen LogP contribution in [0.5, 0.6) is 0 Å². The number of guanidine groups is 1. The molecule has 0 atom stereocenters. The Bertz CT molecular complexity index is 1010. The van der Waals surface area contributed by atoms with Crippen LogP contribution >= 0.6 is 11.6 Å². The maximum absolute atomic E-state index is 12.4. The van der Waals surface area contributed by atoms with E-state index in [0.29, 0.717) is 16.3 Å². The predicted octanol–water partition coefficient (Wildman–Crippen LogP) is 2.57. The molecular weight excluding hydrogens is 340 g/mol. The van der Waals surface area contributed by atoms with E-state index in [0.717, 1.165) is 29.4 Å². The van der Waals surface area contributed by atoms with Crippen molar-refractivity contribution >= 4 is 34.4 Å². The Kier molecular flexibility index (Phi) is 3.65. The minimum atomic E-state index is -0.435. The molecule has 1 aromatic carbocycles. The van der Waals surface area contributed by atoms with Gasteiger partial charge in [0, 0.05) is 17.5 Å². The van der Waals surface area contributed by atoms with Gasteiger partial charge in [0.15, 0.2) is 5.96 Å². The highest BCUT2D eigenvalue weighted by Gasteiger charge is 2.33. The number of nitrogens with one attached hydrogen (secondary N) is 2. The van der Waals surface area contributed by atoms with Crippen molar-refractivity contribution in [1.82, 2.24) is 20.1 Å². The zero-order valence-corrected chi connectivity index (χ0v) is 13.9. The molecule has 25 heavy (non-hydrogen) atoms. The van der Waals surface area contributed by atoms with Gasteiger partial charge in [0.1, 0.15) is 0 Å². The largest absolute Gasteiger partial charge is 0.370 e. The first kappa shape index (κ1) is 15.6. The van der Waals surface area contributed by atoms with Crippen molar-refractivity contribution in [2.45, 2.75) is 18.8 Å². The monoisotopic (exact) mass is 354 g/mol. The summed E-state index contributed by atoms with van der Waals surface area (Å²) in [5.74, 6) is -0.597. The summed E-state index contributed by atoms with van der Waals surface area (Å²) in [5, 5.41) is 15.4. The summed E-state index contributed by atoms with van der Waals surface area (Å²) in [6, 6.07) is 7.40. The van der Waals surface area contributed by atoms with Crippen molar-refractivity contribution in [2.24, 2.45) is 5.73 Å². The molecule has 1 aliphatic rings. The molecule has 0 saturated heterocycles. The minimum absolute atomic E-state index is 0.234. The quantitative estimate of drug-likeness (QED) is 0.496. The third kappa shape index (κ3) is 2.72.